The molecule has 1 atom stereocenters. The van der Waals surface area contributed by atoms with Crippen LogP contribution in [0.15, 0.2) is 48.5 Å². The summed E-state index contributed by atoms with van der Waals surface area (Å²) in [6.07, 6.45) is 0.760. The number of carbonyl (C=O) groups is 2. The maximum Gasteiger partial charge on any atom is 0.305 e. The van der Waals surface area contributed by atoms with E-state index in [2.05, 4.69) is 12.2 Å². The number of nitrogens with one attached hydrogen (secondary N) is 1. The molecule has 0 fully saturated rings. The molecule has 2 aromatic carbocycles. The Balaban J connectivity index is 2.21. The number of aryl methyl sites for hydroxylation is 2. The largest absolute Gasteiger partial charge is 0.481 e. The average molecular weight is 311 g/mol. The molecule has 0 spiro atoms. The molecule has 4 heteroatoms. The van der Waals surface area contributed by atoms with Crippen LogP contribution in [-0.4, -0.2) is 17.0 Å². The summed E-state index contributed by atoms with van der Waals surface area (Å²) in [6.45, 7) is 3.96. The Bertz CT molecular complexity index is 692. The predicted molar refractivity (Wildman–Crippen MR) is 89.5 cm³/mol. The van der Waals surface area contributed by atoms with Crippen LogP contribution < -0.4 is 5.32 Å². The van der Waals surface area contributed by atoms with E-state index in [1.54, 1.807) is 12.1 Å². The lowest BCUT2D eigenvalue weighted by Gasteiger charge is -2.19. The fourth-order valence-electron chi connectivity index (χ4n) is 2.52. The van der Waals surface area contributed by atoms with Gasteiger partial charge in [-0.3, -0.25) is 9.59 Å². The number of amides is 1. The zero-order chi connectivity index (χ0) is 16.8. The molecule has 0 aromatic heterocycles. The molecule has 23 heavy (non-hydrogen) atoms. The topological polar surface area (TPSA) is 66.4 Å². The van der Waals surface area contributed by atoms with Gasteiger partial charge in [0.1, 0.15) is 0 Å². The number of hydrogen-bond acceptors (Lipinski definition) is 2. The highest BCUT2D eigenvalue weighted by Gasteiger charge is 2.20. The third-order valence-corrected chi connectivity index (χ3v) is 3.87. The molecule has 120 valence electrons. The fraction of sp³-hybridized carbons (Fsp3) is 0.263. The smallest absolute Gasteiger partial charge is 0.305 e. The summed E-state index contributed by atoms with van der Waals surface area (Å²) in [7, 11) is 0. The third-order valence-electron chi connectivity index (χ3n) is 3.87. The van der Waals surface area contributed by atoms with Gasteiger partial charge < -0.3 is 10.4 Å². The lowest BCUT2D eigenvalue weighted by molar-refractivity contribution is -0.137. The Kier molecular flexibility index (Phi) is 5.52. The van der Waals surface area contributed by atoms with E-state index in [1.807, 2.05) is 43.3 Å². The molecule has 0 heterocycles. The fourth-order valence-corrected chi connectivity index (χ4v) is 2.52. The molecule has 1 unspecified atom stereocenters. The molecule has 0 radical (unpaired) electrons. The number of carbonyl (C=O) groups excluding carboxylic acids is 1. The van der Waals surface area contributed by atoms with Gasteiger partial charge in [-0.05, 0) is 42.2 Å². The molecular formula is C19H21NO3. The second-order valence-electron chi connectivity index (χ2n) is 5.53. The first-order valence-corrected chi connectivity index (χ1v) is 7.68. The van der Waals surface area contributed by atoms with Crippen molar-refractivity contribution in [1.29, 1.82) is 0 Å². The molecule has 2 rings (SSSR count). The molecule has 0 saturated carbocycles. The molecule has 2 aromatic rings. The first-order chi connectivity index (χ1) is 11.0. The summed E-state index contributed by atoms with van der Waals surface area (Å²) in [4.78, 5) is 23.6. The Morgan fingerprint density at radius 1 is 1.09 bits per heavy atom. The van der Waals surface area contributed by atoms with Crippen molar-refractivity contribution < 1.29 is 14.7 Å². The van der Waals surface area contributed by atoms with Crippen molar-refractivity contribution in [3.05, 3.63) is 70.8 Å². The first kappa shape index (κ1) is 16.7. The Labute approximate surface area is 136 Å². The van der Waals surface area contributed by atoms with Crippen LogP contribution in [-0.2, 0) is 11.2 Å². The zero-order valence-corrected chi connectivity index (χ0v) is 13.4. The molecule has 0 saturated heterocycles. The average Bonchev–Trinajstić information content (AvgIpc) is 2.54. The van der Waals surface area contributed by atoms with Gasteiger partial charge in [0.2, 0.25) is 0 Å². The second-order valence-corrected chi connectivity index (χ2v) is 5.53. The van der Waals surface area contributed by atoms with E-state index in [4.69, 9.17) is 5.11 Å². The van der Waals surface area contributed by atoms with E-state index >= 15 is 0 Å². The normalized spacial score (nSPS) is 11.7. The first-order valence-electron chi connectivity index (χ1n) is 7.68. The minimum Gasteiger partial charge on any atom is -0.481 e. The number of hydrogen-bond donors (Lipinski definition) is 2. The summed E-state index contributed by atoms with van der Waals surface area (Å²) in [6, 6.07) is 14.3. The van der Waals surface area contributed by atoms with E-state index in [0.29, 0.717) is 5.56 Å². The summed E-state index contributed by atoms with van der Waals surface area (Å²) >= 11 is 0. The summed E-state index contributed by atoms with van der Waals surface area (Å²) in [5, 5.41) is 12.0. The van der Waals surface area contributed by atoms with Crippen molar-refractivity contribution in [2.24, 2.45) is 0 Å². The van der Waals surface area contributed by atoms with Gasteiger partial charge in [-0.25, -0.2) is 0 Å². The predicted octanol–water partition coefficient (Wildman–Crippen LogP) is 3.50. The molecule has 0 bridgehead atoms. The molecule has 4 nitrogen and oxygen atoms in total. The monoisotopic (exact) mass is 311 g/mol. The number of carboxylic acids is 1. The molecule has 1 amide bonds. The van der Waals surface area contributed by atoms with Gasteiger partial charge in [0.15, 0.2) is 0 Å². The van der Waals surface area contributed by atoms with Gasteiger partial charge in [-0.2, -0.15) is 0 Å². The van der Waals surface area contributed by atoms with Crippen LogP contribution in [0.5, 0.6) is 0 Å². The van der Waals surface area contributed by atoms with Crippen LogP contribution in [0.25, 0.3) is 0 Å². The number of carboxylic acid groups (broad SMARTS) is 1. The summed E-state index contributed by atoms with van der Waals surface area (Å²) in [5.74, 6) is -1.21. The van der Waals surface area contributed by atoms with Gasteiger partial charge in [-0.15, -0.1) is 0 Å². The minimum absolute atomic E-state index is 0.149. The lowest BCUT2D eigenvalue weighted by Crippen LogP contribution is -2.30. The van der Waals surface area contributed by atoms with Crippen molar-refractivity contribution in [3.63, 3.8) is 0 Å². The Morgan fingerprint density at radius 2 is 1.74 bits per heavy atom. The highest BCUT2D eigenvalue weighted by molar-refractivity contribution is 5.94. The Hall–Kier alpha value is -2.62. The van der Waals surface area contributed by atoms with Crippen LogP contribution in [0.1, 0.15) is 46.4 Å². The summed E-state index contributed by atoms with van der Waals surface area (Å²) in [5.41, 5.74) is 3.47. The summed E-state index contributed by atoms with van der Waals surface area (Å²) < 4.78 is 0. The molecule has 0 aliphatic carbocycles. The third kappa shape index (κ3) is 4.42. The van der Waals surface area contributed by atoms with Crippen molar-refractivity contribution >= 4 is 11.9 Å². The van der Waals surface area contributed by atoms with Crippen LogP contribution in [0.3, 0.4) is 0 Å². The van der Waals surface area contributed by atoms with Crippen molar-refractivity contribution in [2.45, 2.75) is 32.7 Å². The Morgan fingerprint density at radius 3 is 2.30 bits per heavy atom. The SMILES string of the molecule is CCc1ccc(C(=O)NC(CC(=O)O)c2ccccc2C)cc1. The van der Waals surface area contributed by atoms with Gasteiger partial charge in [0, 0.05) is 5.56 Å². The number of benzene rings is 2. The van der Waals surface area contributed by atoms with Gasteiger partial charge >= 0.3 is 5.97 Å². The van der Waals surface area contributed by atoms with E-state index in [1.165, 1.54) is 0 Å². The van der Waals surface area contributed by atoms with Gasteiger partial charge in [0.05, 0.1) is 12.5 Å². The molecule has 0 aliphatic rings. The number of aliphatic carboxylic acids is 1. The van der Waals surface area contributed by atoms with E-state index in [-0.39, 0.29) is 12.3 Å². The van der Waals surface area contributed by atoms with E-state index < -0.39 is 12.0 Å². The van der Waals surface area contributed by atoms with E-state index in [0.717, 1.165) is 23.1 Å². The zero-order valence-electron chi connectivity index (χ0n) is 13.4. The minimum atomic E-state index is -0.945. The molecule has 0 aliphatic heterocycles. The molecule has 2 N–H and O–H groups in total. The molecular weight excluding hydrogens is 290 g/mol. The van der Waals surface area contributed by atoms with Crippen molar-refractivity contribution in [2.75, 3.05) is 0 Å². The van der Waals surface area contributed by atoms with Crippen LogP contribution in [0, 0.1) is 6.92 Å². The van der Waals surface area contributed by atoms with Gasteiger partial charge in [0.25, 0.3) is 5.91 Å². The van der Waals surface area contributed by atoms with Crippen molar-refractivity contribution in [3.8, 4) is 0 Å². The highest BCUT2D eigenvalue weighted by Crippen LogP contribution is 2.21. The maximum atomic E-state index is 12.4. The van der Waals surface area contributed by atoms with E-state index in [9.17, 15) is 9.59 Å². The van der Waals surface area contributed by atoms with Crippen LogP contribution in [0.2, 0.25) is 0 Å². The standard InChI is InChI=1S/C19H21NO3/c1-3-14-8-10-15(11-9-14)19(23)20-17(12-18(21)22)16-7-5-4-6-13(16)2/h4-11,17H,3,12H2,1-2H3,(H,20,23)(H,21,22). The quantitative estimate of drug-likeness (QED) is 0.858. The highest BCUT2D eigenvalue weighted by atomic mass is 16.4. The lowest BCUT2D eigenvalue weighted by atomic mass is 9.98. The van der Waals surface area contributed by atoms with Crippen molar-refractivity contribution in [1.82, 2.24) is 5.32 Å². The second kappa shape index (κ2) is 7.58. The van der Waals surface area contributed by atoms with Crippen LogP contribution in [0.4, 0.5) is 0 Å². The van der Waals surface area contributed by atoms with Gasteiger partial charge in [-0.1, -0.05) is 43.3 Å². The maximum absolute atomic E-state index is 12.4. The number of rotatable bonds is 6. The van der Waals surface area contributed by atoms with Crippen LogP contribution >= 0.6 is 0 Å².